The number of allylic oxidation sites excluding steroid dienone is 4. The van der Waals surface area contributed by atoms with E-state index in [-0.39, 0.29) is 17.6 Å². The summed E-state index contributed by atoms with van der Waals surface area (Å²) in [4.78, 5) is 16.5. The molecule has 0 saturated carbocycles. The average molecular weight is 556 g/mol. The molecule has 7 N–H and O–H groups in total. The molecule has 1 saturated heterocycles. The van der Waals surface area contributed by atoms with Gasteiger partial charge in [0, 0.05) is 36.6 Å². The summed E-state index contributed by atoms with van der Waals surface area (Å²) in [6.45, 7) is 5.26. The van der Waals surface area contributed by atoms with E-state index >= 15 is 0 Å². The van der Waals surface area contributed by atoms with Crippen LogP contribution < -0.4 is 26.4 Å². The van der Waals surface area contributed by atoms with Gasteiger partial charge in [-0.25, -0.2) is 9.37 Å². The number of benzene rings is 1. The lowest BCUT2D eigenvalue weighted by Crippen LogP contribution is -2.40. The lowest BCUT2D eigenvalue weighted by Gasteiger charge is -2.23. The molecule has 1 aliphatic rings. The number of hydrogen-bond acceptors (Lipinski definition) is 9. The van der Waals surface area contributed by atoms with Crippen LogP contribution >= 0.6 is 0 Å². The van der Waals surface area contributed by atoms with Crippen LogP contribution in [-0.4, -0.2) is 54.2 Å². The maximum atomic E-state index is 14.3. The van der Waals surface area contributed by atoms with Gasteiger partial charge in [-0.2, -0.15) is 0 Å². The molecule has 1 amide bonds. The largest absolute Gasteiger partial charge is 0.457 e. The van der Waals surface area contributed by atoms with Crippen LogP contribution in [0.2, 0.25) is 0 Å². The van der Waals surface area contributed by atoms with Crippen molar-refractivity contribution < 1.29 is 28.9 Å². The standard InChI is InChI=1S/C29H38FN5O5/c1-4-5-21(12-24(19(2)30)20-9-11-39-15-20)33-18-34-26-7-6-22(13-25(26)31)40-23-8-10-32-27(14-23)35-28(38)29(3,16-36)17-37/h4-8,10,12-14,20,33-34,36-37H,9,11,15-18,31H2,1-3H3,(H,32,35,38)/b5-4-,21-12+,24-19-. The molecule has 1 fully saturated rings. The second-order valence-electron chi connectivity index (χ2n) is 9.74. The predicted octanol–water partition coefficient (Wildman–Crippen LogP) is 4.08. The van der Waals surface area contributed by atoms with Crippen molar-refractivity contribution in [3.8, 4) is 11.5 Å². The van der Waals surface area contributed by atoms with Gasteiger partial charge < -0.3 is 41.4 Å². The first kappa shape index (κ1) is 30.6. The van der Waals surface area contributed by atoms with Crippen molar-refractivity contribution in [1.82, 2.24) is 10.3 Å². The maximum Gasteiger partial charge on any atom is 0.236 e. The number of ether oxygens (including phenoxy) is 2. The van der Waals surface area contributed by atoms with Crippen LogP contribution in [0.1, 0.15) is 27.2 Å². The minimum atomic E-state index is -1.34. The molecule has 3 rings (SSSR count). The normalized spacial score (nSPS) is 16.6. The maximum absolute atomic E-state index is 14.3. The van der Waals surface area contributed by atoms with Gasteiger partial charge in [0.25, 0.3) is 0 Å². The van der Waals surface area contributed by atoms with Crippen molar-refractivity contribution in [3.63, 3.8) is 0 Å². The van der Waals surface area contributed by atoms with E-state index in [4.69, 9.17) is 15.2 Å². The Balaban J connectivity index is 1.62. The summed E-state index contributed by atoms with van der Waals surface area (Å²) in [5.41, 5.74) is 7.41. The van der Waals surface area contributed by atoms with E-state index in [9.17, 15) is 19.4 Å². The van der Waals surface area contributed by atoms with E-state index in [0.717, 1.165) is 12.1 Å². The first-order chi connectivity index (χ1) is 19.2. The Kier molecular flexibility index (Phi) is 11.1. The lowest BCUT2D eigenvalue weighted by molar-refractivity contribution is -0.129. The number of hydrogen-bond donors (Lipinski definition) is 6. The number of amides is 1. The zero-order chi connectivity index (χ0) is 29.1. The fourth-order valence-electron chi connectivity index (χ4n) is 3.93. The average Bonchev–Trinajstić information content (AvgIpc) is 3.47. The number of aromatic nitrogens is 1. The molecule has 2 heterocycles. The van der Waals surface area contributed by atoms with Crippen molar-refractivity contribution in [2.24, 2.45) is 11.3 Å². The van der Waals surface area contributed by atoms with Crippen LogP contribution in [0.3, 0.4) is 0 Å². The highest BCUT2D eigenvalue weighted by Gasteiger charge is 2.32. The quantitative estimate of drug-likeness (QED) is 0.122. The summed E-state index contributed by atoms with van der Waals surface area (Å²) >= 11 is 0. The summed E-state index contributed by atoms with van der Waals surface area (Å²) in [5.74, 6) is 0.336. The molecule has 40 heavy (non-hydrogen) atoms. The summed E-state index contributed by atoms with van der Waals surface area (Å²) < 4.78 is 25.6. The molecule has 1 aromatic heterocycles. The molecule has 0 spiro atoms. The van der Waals surface area contributed by atoms with Gasteiger partial charge in [-0.1, -0.05) is 6.08 Å². The van der Waals surface area contributed by atoms with E-state index in [0.29, 0.717) is 48.3 Å². The Labute approximate surface area is 233 Å². The van der Waals surface area contributed by atoms with Crippen molar-refractivity contribution >= 4 is 23.1 Å². The monoisotopic (exact) mass is 555 g/mol. The Morgan fingerprint density at radius 2 is 2.02 bits per heavy atom. The first-order valence-corrected chi connectivity index (χ1v) is 13.0. The van der Waals surface area contributed by atoms with Gasteiger partial charge in [-0.05, 0) is 63.1 Å². The number of nitrogen functional groups attached to an aromatic ring is 1. The van der Waals surface area contributed by atoms with Gasteiger partial charge in [-0.15, -0.1) is 0 Å². The van der Waals surface area contributed by atoms with E-state index in [1.807, 2.05) is 25.2 Å². The summed E-state index contributed by atoms with van der Waals surface area (Å²) in [5, 5.41) is 27.9. The highest BCUT2D eigenvalue weighted by molar-refractivity contribution is 5.94. The number of nitrogens with zero attached hydrogens (tertiary/aromatic N) is 1. The van der Waals surface area contributed by atoms with Gasteiger partial charge in [0.2, 0.25) is 5.91 Å². The summed E-state index contributed by atoms with van der Waals surface area (Å²) in [6.07, 6.45) is 7.83. The van der Waals surface area contributed by atoms with Crippen LogP contribution in [0.15, 0.2) is 71.9 Å². The first-order valence-electron chi connectivity index (χ1n) is 13.0. The van der Waals surface area contributed by atoms with E-state index < -0.39 is 24.5 Å². The van der Waals surface area contributed by atoms with Crippen LogP contribution in [0.25, 0.3) is 0 Å². The van der Waals surface area contributed by atoms with Gasteiger partial charge in [0.05, 0.1) is 43.3 Å². The Hall–Kier alpha value is -3.93. The van der Waals surface area contributed by atoms with Crippen LogP contribution in [0.5, 0.6) is 11.5 Å². The van der Waals surface area contributed by atoms with Crippen LogP contribution in [-0.2, 0) is 9.53 Å². The second kappa shape index (κ2) is 14.5. The molecular formula is C29H38FN5O5. The molecule has 2 aromatic rings. The van der Waals surface area contributed by atoms with Crippen molar-refractivity contribution in [2.75, 3.05) is 49.5 Å². The van der Waals surface area contributed by atoms with Gasteiger partial charge in [0.1, 0.15) is 23.1 Å². The molecule has 0 radical (unpaired) electrons. The predicted molar refractivity (Wildman–Crippen MR) is 153 cm³/mol. The minimum absolute atomic E-state index is 0.0391. The van der Waals surface area contributed by atoms with Crippen molar-refractivity contribution in [3.05, 3.63) is 71.9 Å². The third kappa shape index (κ3) is 8.28. The highest BCUT2D eigenvalue weighted by atomic mass is 19.1. The fourth-order valence-corrected chi connectivity index (χ4v) is 3.93. The molecule has 1 atom stereocenters. The molecule has 10 nitrogen and oxygen atoms in total. The minimum Gasteiger partial charge on any atom is -0.457 e. The summed E-state index contributed by atoms with van der Waals surface area (Å²) in [7, 11) is 0. The number of anilines is 3. The van der Waals surface area contributed by atoms with E-state index in [2.05, 4.69) is 20.9 Å². The Bertz CT molecular complexity index is 1250. The van der Waals surface area contributed by atoms with Gasteiger partial charge >= 0.3 is 0 Å². The third-order valence-electron chi connectivity index (χ3n) is 6.47. The van der Waals surface area contributed by atoms with Gasteiger partial charge in [-0.3, -0.25) is 4.79 Å². The topological polar surface area (TPSA) is 151 Å². The van der Waals surface area contributed by atoms with Gasteiger partial charge in [0.15, 0.2) is 0 Å². The number of aliphatic hydroxyl groups is 2. The number of halogens is 1. The number of carbonyl (C=O) groups excluding carboxylic acids is 1. The number of nitrogens with one attached hydrogen (secondary N) is 3. The molecule has 11 heteroatoms. The molecule has 0 aliphatic carbocycles. The zero-order valence-corrected chi connectivity index (χ0v) is 23.0. The Morgan fingerprint density at radius 1 is 1.27 bits per heavy atom. The molecule has 1 aliphatic heterocycles. The fraction of sp³-hybridized carbons (Fsp3) is 0.379. The number of pyridine rings is 1. The smallest absolute Gasteiger partial charge is 0.236 e. The third-order valence-corrected chi connectivity index (χ3v) is 6.47. The van der Waals surface area contributed by atoms with E-state index in [1.54, 1.807) is 24.3 Å². The molecule has 0 bridgehead atoms. The van der Waals surface area contributed by atoms with Crippen molar-refractivity contribution in [1.29, 1.82) is 0 Å². The number of carbonyl (C=O) groups is 1. The molecule has 216 valence electrons. The lowest BCUT2D eigenvalue weighted by atomic mass is 9.92. The summed E-state index contributed by atoms with van der Waals surface area (Å²) in [6, 6.07) is 8.31. The van der Waals surface area contributed by atoms with E-state index in [1.165, 1.54) is 26.1 Å². The van der Waals surface area contributed by atoms with Crippen molar-refractivity contribution in [2.45, 2.75) is 27.2 Å². The highest BCUT2D eigenvalue weighted by Crippen LogP contribution is 2.30. The number of rotatable bonds is 13. The van der Waals surface area contributed by atoms with Crippen LogP contribution in [0.4, 0.5) is 21.6 Å². The number of aliphatic hydroxyl groups excluding tert-OH is 2. The zero-order valence-electron chi connectivity index (χ0n) is 23.0. The Morgan fingerprint density at radius 3 is 2.65 bits per heavy atom. The molecular weight excluding hydrogens is 517 g/mol. The van der Waals surface area contributed by atoms with Crippen LogP contribution in [0, 0.1) is 11.3 Å². The SMILES string of the molecule is C\C=C/C(=C\C(=C(/C)F)C1CCOC1)NCNc1ccc(Oc2ccnc(NC(=O)C(C)(CO)CO)c2)cc1N. The molecule has 1 unspecified atom stereocenters. The number of nitrogens with two attached hydrogens (primary N) is 1. The molecule has 1 aromatic carbocycles. The second-order valence-corrected chi connectivity index (χ2v) is 9.74.